The molecule has 0 aliphatic carbocycles. The number of unbranched alkanes of at least 4 members (excludes halogenated alkanes) is 7. The smallest absolute Gasteiger partial charge is 0.119 e. The Morgan fingerprint density at radius 3 is 2.12 bits per heavy atom. The van der Waals surface area contributed by atoms with E-state index in [0.717, 1.165) is 25.5 Å². The Morgan fingerprint density at radius 1 is 0.875 bits per heavy atom. The molecule has 0 amide bonds. The van der Waals surface area contributed by atoms with Crippen LogP contribution in [-0.2, 0) is 4.79 Å². The molecular formula is C15H22O. The van der Waals surface area contributed by atoms with Gasteiger partial charge in [0.05, 0.1) is 0 Å². The lowest BCUT2D eigenvalue weighted by Crippen LogP contribution is -1.80. The highest BCUT2D eigenvalue weighted by Gasteiger charge is 1.89. The third-order valence-electron chi connectivity index (χ3n) is 2.33. The van der Waals surface area contributed by atoms with Crippen LogP contribution in [-0.4, -0.2) is 6.29 Å². The summed E-state index contributed by atoms with van der Waals surface area (Å²) in [6, 6.07) is 0. The van der Waals surface area contributed by atoms with Crippen molar-refractivity contribution in [3.05, 3.63) is 24.8 Å². The minimum atomic E-state index is 0.727. The molecule has 0 heterocycles. The summed E-state index contributed by atoms with van der Waals surface area (Å²) in [5, 5.41) is 0. The van der Waals surface area contributed by atoms with Gasteiger partial charge in [0.15, 0.2) is 0 Å². The summed E-state index contributed by atoms with van der Waals surface area (Å²) in [7, 11) is 0. The predicted octanol–water partition coefficient (Wildman–Crippen LogP) is 4.05. The van der Waals surface area contributed by atoms with Crippen LogP contribution in [0.2, 0.25) is 0 Å². The molecular weight excluding hydrogens is 196 g/mol. The van der Waals surface area contributed by atoms with Gasteiger partial charge in [0, 0.05) is 6.42 Å². The van der Waals surface area contributed by atoms with Crippen LogP contribution >= 0.6 is 0 Å². The maximum absolute atomic E-state index is 10.1. The molecule has 0 aromatic rings. The van der Waals surface area contributed by atoms with Crippen LogP contribution in [0, 0.1) is 11.8 Å². The van der Waals surface area contributed by atoms with Gasteiger partial charge in [0.2, 0.25) is 0 Å². The fourth-order valence-corrected chi connectivity index (χ4v) is 1.45. The molecule has 1 nitrogen and oxygen atoms in total. The fraction of sp³-hybridized carbons (Fsp3) is 0.533. The molecule has 0 radical (unpaired) electrons. The Balaban J connectivity index is 3.12. The van der Waals surface area contributed by atoms with Crippen molar-refractivity contribution in [1.82, 2.24) is 0 Å². The van der Waals surface area contributed by atoms with Crippen LogP contribution in [0.4, 0.5) is 0 Å². The number of carbonyl (C=O) groups excluding carboxylic acids is 1. The molecule has 1 heteroatoms. The van der Waals surface area contributed by atoms with Crippen LogP contribution < -0.4 is 0 Å². The Labute approximate surface area is 99.6 Å². The van der Waals surface area contributed by atoms with E-state index in [2.05, 4.69) is 24.5 Å². The summed E-state index contributed by atoms with van der Waals surface area (Å²) in [6.07, 6.45) is 15.8. The van der Waals surface area contributed by atoms with Gasteiger partial charge in [-0.3, -0.25) is 0 Å². The van der Waals surface area contributed by atoms with E-state index in [4.69, 9.17) is 0 Å². The van der Waals surface area contributed by atoms with Crippen molar-refractivity contribution < 1.29 is 4.79 Å². The van der Waals surface area contributed by atoms with E-state index in [0.29, 0.717) is 0 Å². The zero-order chi connectivity index (χ0) is 11.9. The van der Waals surface area contributed by atoms with Gasteiger partial charge in [0.1, 0.15) is 6.29 Å². The summed E-state index contributed by atoms with van der Waals surface area (Å²) in [6.45, 7) is 3.52. The summed E-state index contributed by atoms with van der Waals surface area (Å²) in [4.78, 5) is 10.1. The zero-order valence-corrected chi connectivity index (χ0v) is 10.1. The van der Waals surface area contributed by atoms with E-state index in [1.165, 1.54) is 32.1 Å². The first kappa shape index (κ1) is 14.7. The molecule has 0 aromatic carbocycles. The van der Waals surface area contributed by atoms with Crippen LogP contribution in [0.5, 0.6) is 0 Å². The standard InChI is InChI=1S/C15H22O/c1-2-3-4-5-6-7-8-9-10-11-12-13-14-15-16/h2,5-6,15H,1,7-14H2/b6-5-. The maximum Gasteiger partial charge on any atom is 0.119 e. The quantitative estimate of drug-likeness (QED) is 0.324. The van der Waals surface area contributed by atoms with E-state index in [1.807, 2.05) is 6.08 Å². The molecule has 0 rings (SSSR count). The average Bonchev–Trinajstić information content (AvgIpc) is 2.31. The molecule has 0 aromatic heterocycles. The average molecular weight is 218 g/mol. The Hall–Kier alpha value is -1.29. The molecule has 0 aliphatic heterocycles. The van der Waals surface area contributed by atoms with Gasteiger partial charge in [-0.2, -0.15) is 0 Å². The van der Waals surface area contributed by atoms with Crippen molar-refractivity contribution in [3.63, 3.8) is 0 Å². The molecule has 0 N–H and O–H groups in total. The topological polar surface area (TPSA) is 17.1 Å². The number of aldehydes is 1. The van der Waals surface area contributed by atoms with Gasteiger partial charge in [-0.15, -0.1) is 0 Å². The zero-order valence-electron chi connectivity index (χ0n) is 10.1. The highest BCUT2D eigenvalue weighted by atomic mass is 16.1. The molecule has 0 unspecified atom stereocenters. The maximum atomic E-state index is 10.1. The van der Waals surface area contributed by atoms with Crippen molar-refractivity contribution in [3.8, 4) is 11.8 Å². The lowest BCUT2D eigenvalue weighted by atomic mass is 10.1. The van der Waals surface area contributed by atoms with Gasteiger partial charge >= 0.3 is 0 Å². The third-order valence-corrected chi connectivity index (χ3v) is 2.33. The fourth-order valence-electron chi connectivity index (χ4n) is 1.45. The Kier molecular flexibility index (Phi) is 12.6. The first-order valence-electron chi connectivity index (χ1n) is 6.12. The molecule has 0 aliphatic rings. The summed E-state index contributed by atoms with van der Waals surface area (Å²) in [5.74, 6) is 5.66. The highest BCUT2D eigenvalue weighted by Crippen LogP contribution is 2.08. The third kappa shape index (κ3) is 12.7. The number of allylic oxidation sites excluding steroid dienone is 3. The summed E-state index contributed by atoms with van der Waals surface area (Å²) < 4.78 is 0. The van der Waals surface area contributed by atoms with Gasteiger partial charge in [-0.1, -0.05) is 50.2 Å². The van der Waals surface area contributed by atoms with Crippen LogP contribution in [0.15, 0.2) is 24.8 Å². The van der Waals surface area contributed by atoms with Crippen molar-refractivity contribution in [1.29, 1.82) is 0 Å². The monoisotopic (exact) mass is 218 g/mol. The van der Waals surface area contributed by atoms with Gasteiger partial charge in [0.25, 0.3) is 0 Å². The second-order valence-electron chi connectivity index (χ2n) is 3.76. The molecule has 16 heavy (non-hydrogen) atoms. The lowest BCUT2D eigenvalue weighted by Gasteiger charge is -1.98. The van der Waals surface area contributed by atoms with E-state index in [1.54, 1.807) is 6.08 Å². The summed E-state index contributed by atoms with van der Waals surface area (Å²) >= 11 is 0. The van der Waals surface area contributed by atoms with E-state index in [-0.39, 0.29) is 0 Å². The molecule has 0 atom stereocenters. The number of hydrogen-bond donors (Lipinski definition) is 0. The van der Waals surface area contributed by atoms with E-state index in [9.17, 15) is 4.79 Å². The second kappa shape index (κ2) is 13.7. The van der Waals surface area contributed by atoms with Crippen LogP contribution in [0.25, 0.3) is 0 Å². The molecule has 0 saturated heterocycles. The van der Waals surface area contributed by atoms with Crippen molar-refractivity contribution in [2.75, 3.05) is 0 Å². The van der Waals surface area contributed by atoms with E-state index < -0.39 is 0 Å². The molecule has 0 bridgehead atoms. The minimum Gasteiger partial charge on any atom is -0.303 e. The largest absolute Gasteiger partial charge is 0.303 e. The normalized spacial score (nSPS) is 9.75. The lowest BCUT2D eigenvalue weighted by molar-refractivity contribution is -0.107. The Bertz CT molecular complexity index is 252. The van der Waals surface area contributed by atoms with Crippen LogP contribution in [0.1, 0.15) is 51.4 Å². The molecule has 0 fully saturated rings. The summed E-state index contributed by atoms with van der Waals surface area (Å²) in [5.41, 5.74) is 0. The predicted molar refractivity (Wildman–Crippen MR) is 70.1 cm³/mol. The van der Waals surface area contributed by atoms with Crippen molar-refractivity contribution >= 4 is 6.29 Å². The first-order valence-corrected chi connectivity index (χ1v) is 6.12. The number of rotatable bonds is 9. The van der Waals surface area contributed by atoms with Gasteiger partial charge < -0.3 is 4.79 Å². The van der Waals surface area contributed by atoms with Gasteiger partial charge in [-0.05, 0) is 31.4 Å². The molecule has 0 spiro atoms. The SMILES string of the molecule is C=CC#C/C=C\CCCCCCCCC=O. The van der Waals surface area contributed by atoms with Gasteiger partial charge in [-0.25, -0.2) is 0 Å². The number of carbonyl (C=O) groups is 1. The Morgan fingerprint density at radius 2 is 1.50 bits per heavy atom. The number of hydrogen-bond acceptors (Lipinski definition) is 1. The first-order chi connectivity index (χ1) is 7.91. The van der Waals surface area contributed by atoms with Crippen molar-refractivity contribution in [2.45, 2.75) is 51.4 Å². The van der Waals surface area contributed by atoms with Crippen molar-refractivity contribution in [2.24, 2.45) is 0 Å². The molecule has 0 saturated carbocycles. The van der Waals surface area contributed by atoms with E-state index >= 15 is 0 Å². The second-order valence-corrected chi connectivity index (χ2v) is 3.76. The molecule has 88 valence electrons. The highest BCUT2D eigenvalue weighted by molar-refractivity contribution is 5.48. The van der Waals surface area contributed by atoms with Crippen LogP contribution in [0.3, 0.4) is 0 Å². The minimum absolute atomic E-state index is 0.727.